The van der Waals surface area contributed by atoms with E-state index in [1.807, 2.05) is 0 Å². The highest BCUT2D eigenvalue weighted by atomic mass is 16.5. The summed E-state index contributed by atoms with van der Waals surface area (Å²) in [6.45, 7) is 9.55. The van der Waals surface area contributed by atoms with E-state index in [9.17, 15) is 0 Å². The lowest BCUT2D eigenvalue weighted by molar-refractivity contribution is 0.289. The highest BCUT2D eigenvalue weighted by molar-refractivity contribution is 5.27. The molecule has 1 aromatic carbocycles. The Labute approximate surface area is 118 Å². The Kier molecular flexibility index (Phi) is 8.31. The monoisotopic (exact) mass is 263 g/mol. The second-order valence-electron chi connectivity index (χ2n) is 5.56. The Morgan fingerprint density at radius 3 is 2.47 bits per heavy atom. The summed E-state index contributed by atoms with van der Waals surface area (Å²) in [6, 6.07) is 8.45. The number of hydrogen-bond acceptors (Lipinski definition) is 2. The molecule has 0 unspecified atom stereocenters. The van der Waals surface area contributed by atoms with Crippen LogP contribution in [0.3, 0.4) is 0 Å². The third-order valence-electron chi connectivity index (χ3n) is 3.17. The van der Waals surface area contributed by atoms with Crippen LogP contribution in [-0.2, 0) is 6.54 Å². The molecule has 0 fully saturated rings. The minimum atomic E-state index is 0.701. The Bertz CT molecular complexity index is 319. The van der Waals surface area contributed by atoms with Gasteiger partial charge in [0, 0.05) is 6.54 Å². The Hall–Kier alpha value is -1.02. The molecule has 0 aromatic heterocycles. The summed E-state index contributed by atoms with van der Waals surface area (Å²) in [7, 11) is 0. The van der Waals surface area contributed by atoms with Gasteiger partial charge in [-0.15, -0.1) is 0 Å². The molecular weight excluding hydrogens is 234 g/mol. The Morgan fingerprint density at radius 2 is 1.84 bits per heavy atom. The highest BCUT2D eigenvalue weighted by Gasteiger charge is 1.97. The van der Waals surface area contributed by atoms with Gasteiger partial charge in [0.1, 0.15) is 5.75 Å². The minimum absolute atomic E-state index is 0.701. The van der Waals surface area contributed by atoms with Gasteiger partial charge >= 0.3 is 0 Å². The second-order valence-corrected chi connectivity index (χ2v) is 5.56. The van der Waals surface area contributed by atoms with Crippen LogP contribution in [0.1, 0.15) is 52.0 Å². The van der Waals surface area contributed by atoms with Crippen LogP contribution < -0.4 is 10.1 Å². The van der Waals surface area contributed by atoms with Crippen molar-refractivity contribution in [2.45, 2.75) is 53.0 Å². The molecule has 1 aromatic rings. The van der Waals surface area contributed by atoms with E-state index in [-0.39, 0.29) is 0 Å². The van der Waals surface area contributed by atoms with Crippen molar-refractivity contribution in [2.75, 3.05) is 13.2 Å². The first-order valence-electron chi connectivity index (χ1n) is 7.64. The number of benzene rings is 1. The number of unbranched alkanes of at least 4 members (excludes halogenated alkanes) is 2. The van der Waals surface area contributed by atoms with Gasteiger partial charge in [0.25, 0.3) is 0 Å². The predicted molar refractivity (Wildman–Crippen MR) is 82.6 cm³/mol. The summed E-state index contributed by atoms with van der Waals surface area (Å²) < 4.78 is 5.71. The second kappa shape index (κ2) is 9.85. The molecule has 1 N–H and O–H groups in total. The molecule has 0 atom stereocenters. The van der Waals surface area contributed by atoms with Crippen LogP contribution in [0.15, 0.2) is 24.3 Å². The quantitative estimate of drug-likeness (QED) is 0.632. The molecule has 0 amide bonds. The predicted octanol–water partition coefficient (Wildman–Crippen LogP) is 4.39. The lowest BCUT2D eigenvalue weighted by atomic mass is 10.1. The van der Waals surface area contributed by atoms with Crippen LogP contribution in [0.4, 0.5) is 0 Å². The summed E-state index contributed by atoms with van der Waals surface area (Å²) in [5, 5.41) is 3.47. The van der Waals surface area contributed by atoms with Crippen molar-refractivity contribution in [3.8, 4) is 5.75 Å². The van der Waals surface area contributed by atoms with E-state index in [4.69, 9.17) is 4.74 Å². The molecule has 0 saturated heterocycles. The smallest absolute Gasteiger partial charge is 0.119 e. The van der Waals surface area contributed by atoms with Gasteiger partial charge in [-0.05, 0) is 43.0 Å². The van der Waals surface area contributed by atoms with E-state index in [1.165, 1.54) is 24.8 Å². The fraction of sp³-hybridized carbons (Fsp3) is 0.647. The Morgan fingerprint density at radius 1 is 1.11 bits per heavy atom. The van der Waals surface area contributed by atoms with Crippen molar-refractivity contribution in [2.24, 2.45) is 5.92 Å². The maximum atomic E-state index is 5.71. The van der Waals surface area contributed by atoms with Crippen molar-refractivity contribution < 1.29 is 4.74 Å². The van der Waals surface area contributed by atoms with E-state index in [1.54, 1.807) is 0 Å². The normalized spacial score (nSPS) is 10.9. The van der Waals surface area contributed by atoms with Gasteiger partial charge in [-0.2, -0.15) is 0 Å². The number of rotatable bonds is 10. The van der Waals surface area contributed by atoms with Crippen LogP contribution in [0.5, 0.6) is 5.75 Å². The van der Waals surface area contributed by atoms with Crippen molar-refractivity contribution in [1.82, 2.24) is 5.32 Å². The molecule has 1 rings (SSSR count). The molecule has 2 nitrogen and oxygen atoms in total. The zero-order chi connectivity index (χ0) is 13.9. The van der Waals surface area contributed by atoms with Crippen LogP contribution in [0.2, 0.25) is 0 Å². The largest absolute Gasteiger partial charge is 0.494 e. The van der Waals surface area contributed by atoms with Crippen molar-refractivity contribution in [1.29, 1.82) is 0 Å². The zero-order valence-electron chi connectivity index (χ0n) is 12.7. The molecule has 0 bridgehead atoms. The van der Waals surface area contributed by atoms with Gasteiger partial charge in [-0.3, -0.25) is 0 Å². The lowest BCUT2D eigenvalue weighted by Crippen LogP contribution is -2.14. The summed E-state index contributed by atoms with van der Waals surface area (Å²) in [5.74, 6) is 1.68. The molecule has 0 heterocycles. The van der Waals surface area contributed by atoms with Crippen LogP contribution in [0.25, 0.3) is 0 Å². The molecule has 19 heavy (non-hydrogen) atoms. The maximum Gasteiger partial charge on any atom is 0.119 e. The molecule has 0 saturated carbocycles. The fourth-order valence-electron chi connectivity index (χ4n) is 1.85. The molecule has 108 valence electrons. The molecular formula is C17H29NO. The third kappa shape index (κ3) is 7.89. The maximum absolute atomic E-state index is 5.71. The standard InChI is InChI=1S/C17H29NO/c1-4-5-6-12-18-14-16-7-9-17(10-8-16)19-13-11-15(2)3/h7-10,15,18H,4-6,11-14H2,1-3H3. The van der Waals surface area contributed by atoms with Gasteiger partial charge in [0.05, 0.1) is 6.61 Å². The number of ether oxygens (including phenoxy) is 1. The lowest BCUT2D eigenvalue weighted by Gasteiger charge is -2.09. The van der Waals surface area contributed by atoms with Crippen molar-refractivity contribution in [3.05, 3.63) is 29.8 Å². The first-order valence-corrected chi connectivity index (χ1v) is 7.64. The van der Waals surface area contributed by atoms with Gasteiger partial charge < -0.3 is 10.1 Å². The van der Waals surface area contributed by atoms with E-state index in [2.05, 4.69) is 50.4 Å². The van der Waals surface area contributed by atoms with Gasteiger partial charge in [0.2, 0.25) is 0 Å². The molecule has 2 heteroatoms. The molecule has 0 radical (unpaired) electrons. The molecule has 0 aliphatic heterocycles. The first kappa shape index (κ1) is 16.0. The van der Waals surface area contributed by atoms with Crippen molar-refractivity contribution >= 4 is 0 Å². The van der Waals surface area contributed by atoms with Gasteiger partial charge in [-0.1, -0.05) is 45.7 Å². The van der Waals surface area contributed by atoms with E-state index in [0.29, 0.717) is 5.92 Å². The van der Waals surface area contributed by atoms with Crippen molar-refractivity contribution in [3.63, 3.8) is 0 Å². The van der Waals surface area contributed by atoms with Crippen LogP contribution >= 0.6 is 0 Å². The van der Waals surface area contributed by atoms with E-state index < -0.39 is 0 Å². The first-order chi connectivity index (χ1) is 9.22. The van der Waals surface area contributed by atoms with Gasteiger partial charge in [0.15, 0.2) is 0 Å². The SMILES string of the molecule is CCCCCNCc1ccc(OCCC(C)C)cc1. The fourth-order valence-corrected chi connectivity index (χ4v) is 1.85. The summed E-state index contributed by atoms with van der Waals surface area (Å²) in [5.41, 5.74) is 1.33. The summed E-state index contributed by atoms with van der Waals surface area (Å²) >= 11 is 0. The summed E-state index contributed by atoms with van der Waals surface area (Å²) in [6.07, 6.45) is 4.98. The van der Waals surface area contributed by atoms with E-state index in [0.717, 1.165) is 31.9 Å². The van der Waals surface area contributed by atoms with Gasteiger partial charge in [-0.25, -0.2) is 0 Å². The summed E-state index contributed by atoms with van der Waals surface area (Å²) in [4.78, 5) is 0. The zero-order valence-corrected chi connectivity index (χ0v) is 12.7. The number of hydrogen-bond donors (Lipinski definition) is 1. The number of nitrogens with one attached hydrogen (secondary N) is 1. The average molecular weight is 263 g/mol. The molecule has 0 aliphatic rings. The van der Waals surface area contributed by atoms with Crippen LogP contribution in [-0.4, -0.2) is 13.2 Å². The minimum Gasteiger partial charge on any atom is -0.494 e. The Balaban J connectivity index is 2.19. The third-order valence-corrected chi connectivity index (χ3v) is 3.17. The molecule has 0 spiro atoms. The topological polar surface area (TPSA) is 21.3 Å². The van der Waals surface area contributed by atoms with E-state index >= 15 is 0 Å². The molecule has 0 aliphatic carbocycles. The average Bonchev–Trinajstić information content (AvgIpc) is 2.40. The highest BCUT2D eigenvalue weighted by Crippen LogP contribution is 2.13. The van der Waals surface area contributed by atoms with Crippen LogP contribution in [0, 0.1) is 5.92 Å².